The van der Waals surface area contributed by atoms with Crippen molar-refractivity contribution >= 4 is 18.6 Å². The number of carbonyl (C=O) groups excluding carboxylic acids is 2. The molecule has 0 aliphatic carbocycles. The standard InChI is InChI=1S/C6H7N.2CH2O2.Zn/c7-6-4-2-1-3-5-6;2*2-1-3;/h1-5H,7H2;2*1H,(H,2,3);/q;;;+2/p-2. The first-order valence-corrected chi connectivity index (χ1v) is 3.14. The molecule has 0 amide bonds. The Morgan fingerprint density at radius 2 is 1.29 bits per heavy atom. The number of nitrogens with two attached hydrogens (primary N) is 1. The zero-order chi connectivity index (χ0) is 10.5. The second-order valence-corrected chi connectivity index (χ2v) is 1.60. The van der Waals surface area contributed by atoms with Crippen molar-refractivity contribution in [3.05, 3.63) is 30.3 Å². The SMILES string of the molecule is Nc1ccccc1.O=C[O-].O=C[O-].[Zn+2]. The Balaban J connectivity index is -0.000000150. The van der Waals surface area contributed by atoms with Crippen molar-refractivity contribution in [3.63, 3.8) is 0 Å². The van der Waals surface area contributed by atoms with Crippen LogP contribution in [0.2, 0.25) is 0 Å². The third kappa shape index (κ3) is 22.4. The van der Waals surface area contributed by atoms with Gasteiger partial charge in [0, 0.05) is 18.6 Å². The van der Waals surface area contributed by atoms with Crippen LogP contribution in [0, 0.1) is 0 Å². The van der Waals surface area contributed by atoms with Crippen LogP contribution in [0.4, 0.5) is 5.69 Å². The van der Waals surface area contributed by atoms with Crippen molar-refractivity contribution < 1.29 is 39.3 Å². The number of nitrogen functional groups attached to an aromatic ring is 1. The molecule has 0 aromatic heterocycles. The largest absolute Gasteiger partial charge is 2.00 e. The van der Waals surface area contributed by atoms with Gasteiger partial charge >= 0.3 is 19.5 Å². The number of carbonyl (C=O) groups is 2. The molecule has 0 spiro atoms. The number of hydrogen-bond donors (Lipinski definition) is 1. The van der Waals surface area contributed by atoms with Crippen LogP contribution >= 0.6 is 0 Å². The second-order valence-electron chi connectivity index (χ2n) is 1.60. The minimum absolute atomic E-state index is 0. The molecule has 0 atom stereocenters. The zero-order valence-electron chi connectivity index (χ0n) is 7.46. The number of hydrogen-bond acceptors (Lipinski definition) is 5. The molecule has 1 rings (SSSR count). The molecular formula is C8H9NO4Zn. The van der Waals surface area contributed by atoms with Gasteiger partial charge in [0.2, 0.25) is 0 Å². The van der Waals surface area contributed by atoms with E-state index in [4.69, 9.17) is 25.5 Å². The van der Waals surface area contributed by atoms with Crippen LogP contribution in [0.1, 0.15) is 0 Å². The van der Waals surface area contributed by atoms with Gasteiger partial charge in [-0.15, -0.1) is 0 Å². The maximum atomic E-state index is 8.25. The number of rotatable bonds is 0. The predicted octanol–water partition coefficient (Wildman–Crippen LogP) is -2.00. The monoisotopic (exact) mass is 247 g/mol. The van der Waals surface area contributed by atoms with Crippen molar-refractivity contribution in [2.45, 2.75) is 0 Å². The van der Waals surface area contributed by atoms with E-state index in [2.05, 4.69) is 0 Å². The first-order valence-electron chi connectivity index (χ1n) is 3.14. The van der Waals surface area contributed by atoms with Crippen LogP contribution in [-0.2, 0) is 29.1 Å². The molecule has 0 fully saturated rings. The fourth-order valence-electron chi connectivity index (χ4n) is 0.453. The zero-order valence-corrected chi connectivity index (χ0v) is 10.4. The number of para-hydroxylation sites is 1. The summed E-state index contributed by atoms with van der Waals surface area (Å²) in [6, 6.07) is 9.49. The van der Waals surface area contributed by atoms with Gasteiger partial charge in [0.05, 0.1) is 0 Å². The fraction of sp³-hybridized carbons (Fsp3) is 0. The molecule has 5 nitrogen and oxygen atoms in total. The van der Waals surface area contributed by atoms with Crippen LogP contribution in [-0.4, -0.2) is 12.9 Å². The Morgan fingerprint density at radius 3 is 1.43 bits per heavy atom. The molecule has 1 aromatic carbocycles. The molecular weight excluding hydrogens is 239 g/mol. The number of anilines is 1. The van der Waals surface area contributed by atoms with Gasteiger partial charge in [0.15, 0.2) is 0 Å². The molecule has 2 N–H and O–H groups in total. The van der Waals surface area contributed by atoms with E-state index in [0.717, 1.165) is 5.69 Å². The van der Waals surface area contributed by atoms with E-state index in [9.17, 15) is 0 Å². The van der Waals surface area contributed by atoms with Gasteiger partial charge in [0.1, 0.15) is 0 Å². The third-order valence-electron chi connectivity index (χ3n) is 0.800. The van der Waals surface area contributed by atoms with E-state index in [1.165, 1.54) is 0 Å². The average Bonchev–Trinajstić information content (AvgIpc) is 2.08. The van der Waals surface area contributed by atoms with Crippen LogP contribution in [0.25, 0.3) is 0 Å². The van der Waals surface area contributed by atoms with E-state index < -0.39 is 12.9 Å². The van der Waals surface area contributed by atoms with Crippen LogP contribution < -0.4 is 15.9 Å². The van der Waals surface area contributed by atoms with Gasteiger partial charge in [0.25, 0.3) is 0 Å². The van der Waals surface area contributed by atoms with E-state index in [0.29, 0.717) is 0 Å². The van der Waals surface area contributed by atoms with Crippen molar-refractivity contribution in [1.29, 1.82) is 0 Å². The minimum atomic E-state index is -0.500. The van der Waals surface area contributed by atoms with Gasteiger partial charge in [-0.25, -0.2) is 0 Å². The van der Waals surface area contributed by atoms with Crippen LogP contribution in [0.15, 0.2) is 30.3 Å². The van der Waals surface area contributed by atoms with E-state index in [-0.39, 0.29) is 19.5 Å². The van der Waals surface area contributed by atoms with Gasteiger partial charge in [-0.3, -0.25) is 0 Å². The third-order valence-corrected chi connectivity index (χ3v) is 0.800. The summed E-state index contributed by atoms with van der Waals surface area (Å²) >= 11 is 0. The fourth-order valence-corrected chi connectivity index (χ4v) is 0.453. The molecule has 0 aliphatic rings. The molecule has 6 heteroatoms. The molecule has 1 aromatic rings. The predicted molar refractivity (Wildman–Crippen MR) is 43.0 cm³/mol. The first kappa shape index (κ1) is 18.4. The van der Waals surface area contributed by atoms with Crippen molar-refractivity contribution in [2.75, 3.05) is 5.73 Å². The quantitative estimate of drug-likeness (QED) is 0.325. The summed E-state index contributed by atoms with van der Waals surface area (Å²) in [7, 11) is 0. The van der Waals surface area contributed by atoms with Crippen molar-refractivity contribution in [1.82, 2.24) is 0 Å². The molecule has 72 valence electrons. The van der Waals surface area contributed by atoms with Crippen molar-refractivity contribution in [3.8, 4) is 0 Å². The Hall–Kier alpha value is -1.42. The molecule has 0 aliphatic heterocycles. The van der Waals surface area contributed by atoms with E-state index in [1.54, 1.807) is 0 Å². The molecule has 0 heterocycles. The summed E-state index contributed by atoms with van der Waals surface area (Å²) < 4.78 is 0. The Bertz CT molecular complexity index is 212. The van der Waals surface area contributed by atoms with Gasteiger partial charge in [-0.05, 0) is 12.1 Å². The summed E-state index contributed by atoms with van der Waals surface area (Å²) in [5.41, 5.74) is 6.18. The smallest absolute Gasteiger partial charge is 0.554 e. The molecule has 0 bridgehead atoms. The molecule has 0 radical (unpaired) electrons. The summed E-state index contributed by atoms with van der Waals surface area (Å²) in [6.07, 6.45) is 0. The Kier molecular flexibility index (Phi) is 23.1. The minimum Gasteiger partial charge on any atom is -0.554 e. The van der Waals surface area contributed by atoms with Gasteiger partial charge in [-0.1, -0.05) is 18.2 Å². The Morgan fingerprint density at radius 1 is 1.00 bits per heavy atom. The van der Waals surface area contributed by atoms with E-state index in [1.807, 2.05) is 30.3 Å². The van der Waals surface area contributed by atoms with Gasteiger partial charge < -0.3 is 25.5 Å². The maximum absolute atomic E-state index is 8.25. The topological polar surface area (TPSA) is 106 Å². The number of benzene rings is 1. The van der Waals surface area contributed by atoms with Crippen LogP contribution in [0.5, 0.6) is 0 Å². The Labute approximate surface area is 94.3 Å². The maximum Gasteiger partial charge on any atom is 2.00 e. The first-order chi connectivity index (χ1) is 6.22. The molecule has 0 unspecified atom stereocenters. The second kappa shape index (κ2) is 17.6. The van der Waals surface area contributed by atoms with Crippen LogP contribution in [0.3, 0.4) is 0 Å². The van der Waals surface area contributed by atoms with Crippen molar-refractivity contribution in [2.24, 2.45) is 0 Å². The normalized spacial score (nSPS) is 6.00. The summed E-state index contributed by atoms with van der Waals surface area (Å²) in [4.78, 5) is 16.5. The average molecular weight is 249 g/mol. The summed E-state index contributed by atoms with van der Waals surface area (Å²) in [5.74, 6) is 0. The molecule has 14 heavy (non-hydrogen) atoms. The molecule has 0 saturated carbocycles. The summed E-state index contributed by atoms with van der Waals surface area (Å²) in [5, 5.41) is 16.5. The number of carboxylic acid groups (broad SMARTS) is 2. The van der Waals surface area contributed by atoms with Gasteiger partial charge in [-0.2, -0.15) is 0 Å². The van der Waals surface area contributed by atoms with E-state index >= 15 is 0 Å². The summed E-state index contributed by atoms with van der Waals surface area (Å²) in [6.45, 7) is -1.00. The molecule has 0 saturated heterocycles.